The van der Waals surface area contributed by atoms with Crippen molar-refractivity contribution < 1.29 is 0 Å². The van der Waals surface area contributed by atoms with Crippen LogP contribution in [0.25, 0.3) is 0 Å². The summed E-state index contributed by atoms with van der Waals surface area (Å²) in [5, 5.41) is 3.30. The van der Waals surface area contributed by atoms with Crippen LogP contribution in [-0.2, 0) is 6.54 Å². The molecule has 0 unspecified atom stereocenters. The second-order valence-corrected chi connectivity index (χ2v) is 5.36. The van der Waals surface area contributed by atoms with Crippen LogP contribution >= 0.6 is 0 Å². The van der Waals surface area contributed by atoms with E-state index in [1.165, 1.54) is 37.7 Å². The van der Waals surface area contributed by atoms with Crippen molar-refractivity contribution in [3.8, 4) is 0 Å². The van der Waals surface area contributed by atoms with Gasteiger partial charge in [-0.2, -0.15) is 0 Å². The molecular formula is C15H25N3. The van der Waals surface area contributed by atoms with Gasteiger partial charge in [0.15, 0.2) is 0 Å². The van der Waals surface area contributed by atoms with Crippen LogP contribution in [0, 0.1) is 5.92 Å². The van der Waals surface area contributed by atoms with Crippen molar-refractivity contribution in [1.82, 2.24) is 15.3 Å². The molecule has 1 N–H and O–H groups in total. The molecule has 0 aromatic carbocycles. The van der Waals surface area contributed by atoms with Crippen molar-refractivity contribution >= 4 is 0 Å². The summed E-state index contributed by atoms with van der Waals surface area (Å²) >= 11 is 0. The third-order valence-corrected chi connectivity index (χ3v) is 4.09. The average molecular weight is 247 g/mol. The van der Waals surface area contributed by atoms with Gasteiger partial charge >= 0.3 is 0 Å². The summed E-state index contributed by atoms with van der Waals surface area (Å²) in [5.41, 5.74) is 1.18. The molecule has 1 heterocycles. The minimum absolute atomic E-state index is 0.598. The maximum absolute atomic E-state index is 4.56. The Bertz CT molecular complexity index is 339. The quantitative estimate of drug-likeness (QED) is 0.867. The highest BCUT2D eigenvalue weighted by Crippen LogP contribution is 2.35. The molecule has 1 saturated carbocycles. The molecule has 1 aliphatic rings. The molecule has 0 bridgehead atoms. The molecular weight excluding hydrogens is 222 g/mol. The number of rotatable bonds is 5. The summed E-state index contributed by atoms with van der Waals surface area (Å²) in [4.78, 5) is 9.11. The lowest BCUT2D eigenvalue weighted by Gasteiger charge is -2.26. The van der Waals surface area contributed by atoms with Crippen LogP contribution in [0.15, 0.2) is 12.4 Å². The van der Waals surface area contributed by atoms with E-state index >= 15 is 0 Å². The molecule has 0 saturated heterocycles. The normalized spacial score (nSPS) is 24.1. The zero-order valence-electron chi connectivity index (χ0n) is 11.7. The van der Waals surface area contributed by atoms with Gasteiger partial charge in [-0.25, -0.2) is 9.97 Å². The van der Waals surface area contributed by atoms with Gasteiger partial charge in [0.25, 0.3) is 0 Å². The molecule has 18 heavy (non-hydrogen) atoms. The van der Waals surface area contributed by atoms with Gasteiger partial charge in [0.05, 0.1) is 0 Å². The van der Waals surface area contributed by atoms with E-state index in [0.717, 1.165) is 24.8 Å². The van der Waals surface area contributed by atoms with Crippen molar-refractivity contribution in [1.29, 1.82) is 0 Å². The zero-order chi connectivity index (χ0) is 12.8. The van der Waals surface area contributed by atoms with E-state index in [0.29, 0.717) is 5.92 Å². The van der Waals surface area contributed by atoms with Gasteiger partial charge in [-0.3, -0.25) is 0 Å². The highest BCUT2D eigenvalue weighted by atomic mass is 14.9. The second-order valence-electron chi connectivity index (χ2n) is 5.36. The molecule has 0 atom stereocenters. The molecule has 3 nitrogen and oxygen atoms in total. The first-order valence-corrected chi connectivity index (χ1v) is 7.35. The largest absolute Gasteiger partial charge is 0.313 e. The van der Waals surface area contributed by atoms with Gasteiger partial charge < -0.3 is 5.32 Å². The maximum Gasteiger partial charge on any atom is 0.131 e. The fourth-order valence-electron chi connectivity index (χ4n) is 2.77. The van der Waals surface area contributed by atoms with Crippen molar-refractivity contribution in [2.45, 2.75) is 58.4 Å². The second kappa shape index (κ2) is 6.83. The van der Waals surface area contributed by atoms with Gasteiger partial charge in [0.1, 0.15) is 5.82 Å². The zero-order valence-corrected chi connectivity index (χ0v) is 11.7. The predicted molar refractivity (Wildman–Crippen MR) is 74.4 cm³/mol. The summed E-state index contributed by atoms with van der Waals surface area (Å²) in [6, 6.07) is 0. The predicted octanol–water partition coefficient (Wildman–Crippen LogP) is 3.27. The molecule has 0 aliphatic heterocycles. The molecule has 3 heteroatoms. The summed E-state index contributed by atoms with van der Waals surface area (Å²) in [6.45, 7) is 6.28. The van der Waals surface area contributed by atoms with E-state index in [2.05, 4.69) is 29.1 Å². The summed E-state index contributed by atoms with van der Waals surface area (Å²) in [5.74, 6) is 2.60. The van der Waals surface area contributed by atoms with Gasteiger partial charge in [-0.1, -0.05) is 20.3 Å². The van der Waals surface area contributed by atoms with Crippen molar-refractivity contribution in [3.05, 3.63) is 23.8 Å². The van der Waals surface area contributed by atoms with E-state index in [1.807, 2.05) is 12.4 Å². The van der Waals surface area contributed by atoms with Crippen LogP contribution in [0.3, 0.4) is 0 Å². The molecule has 1 aromatic heterocycles. The van der Waals surface area contributed by atoms with E-state index in [1.54, 1.807) is 0 Å². The molecule has 100 valence electrons. The van der Waals surface area contributed by atoms with Gasteiger partial charge in [0.2, 0.25) is 0 Å². The number of hydrogen-bond donors (Lipinski definition) is 1. The monoisotopic (exact) mass is 247 g/mol. The SMILES string of the molecule is CCNCc1cnc(C2CCC(CC)CC2)nc1. The molecule has 1 aromatic rings. The van der Waals surface area contributed by atoms with E-state index in [9.17, 15) is 0 Å². The Morgan fingerprint density at radius 3 is 2.33 bits per heavy atom. The topological polar surface area (TPSA) is 37.8 Å². The third-order valence-electron chi connectivity index (χ3n) is 4.09. The molecule has 0 radical (unpaired) electrons. The average Bonchev–Trinajstić information content (AvgIpc) is 2.46. The summed E-state index contributed by atoms with van der Waals surface area (Å²) < 4.78 is 0. The van der Waals surface area contributed by atoms with Crippen LogP contribution in [-0.4, -0.2) is 16.5 Å². The Hall–Kier alpha value is -0.960. The Balaban J connectivity index is 1.89. The maximum atomic E-state index is 4.56. The van der Waals surface area contributed by atoms with Crippen LogP contribution in [0.5, 0.6) is 0 Å². The van der Waals surface area contributed by atoms with Crippen LogP contribution in [0.4, 0.5) is 0 Å². The van der Waals surface area contributed by atoms with Gasteiger partial charge in [-0.05, 0) is 38.1 Å². The lowest BCUT2D eigenvalue weighted by atomic mass is 9.80. The van der Waals surface area contributed by atoms with Crippen LogP contribution < -0.4 is 5.32 Å². The number of hydrogen-bond acceptors (Lipinski definition) is 3. The summed E-state index contributed by atoms with van der Waals surface area (Å²) in [7, 11) is 0. The van der Waals surface area contributed by atoms with Crippen molar-refractivity contribution in [3.63, 3.8) is 0 Å². The molecule has 1 aliphatic carbocycles. The third kappa shape index (κ3) is 3.52. The van der Waals surface area contributed by atoms with E-state index < -0.39 is 0 Å². The fraction of sp³-hybridized carbons (Fsp3) is 0.733. The first-order chi connectivity index (χ1) is 8.83. The number of nitrogens with one attached hydrogen (secondary N) is 1. The Labute approximate surface area is 110 Å². The minimum atomic E-state index is 0.598. The lowest BCUT2D eigenvalue weighted by molar-refractivity contribution is 0.312. The highest BCUT2D eigenvalue weighted by Gasteiger charge is 2.22. The van der Waals surface area contributed by atoms with Crippen molar-refractivity contribution in [2.24, 2.45) is 5.92 Å². The molecule has 0 spiro atoms. The lowest BCUT2D eigenvalue weighted by Crippen LogP contribution is -2.16. The number of nitrogens with zero attached hydrogens (tertiary/aromatic N) is 2. The minimum Gasteiger partial charge on any atom is -0.313 e. The Morgan fingerprint density at radius 1 is 1.11 bits per heavy atom. The summed E-state index contributed by atoms with van der Waals surface area (Å²) in [6.07, 6.45) is 10.5. The highest BCUT2D eigenvalue weighted by molar-refractivity contribution is 5.07. The van der Waals surface area contributed by atoms with E-state index in [4.69, 9.17) is 0 Å². The molecule has 2 rings (SSSR count). The van der Waals surface area contributed by atoms with Crippen molar-refractivity contribution in [2.75, 3.05) is 6.54 Å². The first kappa shape index (κ1) is 13.5. The molecule has 0 amide bonds. The van der Waals surface area contributed by atoms with Crippen LogP contribution in [0.1, 0.15) is 63.3 Å². The van der Waals surface area contributed by atoms with Gasteiger partial charge in [-0.15, -0.1) is 0 Å². The first-order valence-electron chi connectivity index (χ1n) is 7.35. The Morgan fingerprint density at radius 2 is 1.78 bits per heavy atom. The Kier molecular flexibility index (Phi) is 5.12. The number of aromatic nitrogens is 2. The smallest absolute Gasteiger partial charge is 0.131 e. The molecule has 1 fully saturated rings. The fourth-order valence-corrected chi connectivity index (χ4v) is 2.77. The van der Waals surface area contributed by atoms with Gasteiger partial charge in [0, 0.05) is 30.4 Å². The standard InChI is InChI=1S/C15H25N3/c1-3-12-5-7-14(8-6-12)15-17-10-13(11-18-15)9-16-4-2/h10-12,14,16H,3-9H2,1-2H3. The van der Waals surface area contributed by atoms with E-state index in [-0.39, 0.29) is 0 Å². The van der Waals surface area contributed by atoms with Crippen LogP contribution in [0.2, 0.25) is 0 Å².